The number of fused-ring (bicyclic) bond motifs is 2. The van der Waals surface area contributed by atoms with Crippen LogP contribution in [0.15, 0.2) is 54.2 Å². The normalized spacial score (nSPS) is 23.9. The van der Waals surface area contributed by atoms with Crippen molar-refractivity contribution in [3.8, 4) is 28.1 Å². The van der Waals surface area contributed by atoms with Crippen LogP contribution in [0.4, 0.5) is 20.3 Å². The van der Waals surface area contributed by atoms with Gasteiger partial charge in [0.1, 0.15) is 17.9 Å². The molecule has 5 heterocycles. The smallest absolute Gasteiger partial charge is 0.272 e. The number of carbonyl (C=O) groups is 2. The molecule has 0 bridgehead atoms. The summed E-state index contributed by atoms with van der Waals surface area (Å²) in [6, 6.07) is 14.3. The SMILES string of the molecule is CC(=O)N1CCc2c(c(N3CCCc4cc(-c5cncs5)c(C(F)F)cc43)nn2C2CCC3(CC2)CC(Oc2ccc(C(=O)NC4CCC(Oc5ccc(C#N)c(Cl)c5)CC4)nn2)C3)C1. The van der Waals surface area contributed by atoms with Gasteiger partial charge in [-0.25, -0.2) is 8.78 Å². The van der Waals surface area contributed by atoms with Crippen molar-refractivity contribution < 1.29 is 27.8 Å². The zero-order chi connectivity index (χ0) is 44.8. The molecular formula is C48H50ClF2N9O4S. The maximum Gasteiger partial charge on any atom is 0.272 e. The molecule has 1 spiro atoms. The molecule has 0 atom stereocenters. The number of benzene rings is 2. The summed E-state index contributed by atoms with van der Waals surface area (Å²) in [7, 11) is 0. The van der Waals surface area contributed by atoms with Gasteiger partial charge in [-0.2, -0.15) is 10.4 Å². The topological polar surface area (TPSA) is 151 Å². The van der Waals surface area contributed by atoms with Crippen molar-refractivity contribution in [1.29, 1.82) is 5.26 Å². The first kappa shape index (κ1) is 43.2. The lowest BCUT2D eigenvalue weighted by Gasteiger charge is -2.51. The van der Waals surface area contributed by atoms with Crippen LogP contribution >= 0.6 is 22.9 Å². The fourth-order valence-electron chi connectivity index (χ4n) is 10.8. The van der Waals surface area contributed by atoms with Crippen LogP contribution in [0.3, 0.4) is 0 Å². The Hall–Kier alpha value is -5.66. The summed E-state index contributed by atoms with van der Waals surface area (Å²) < 4.78 is 43.9. The number of nitriles is 1. The molecular weight excluding hydrogens is 872 g/mol. The maximum absolute atomic E-state index is 14.7. The average Bonchev–Trinajstić information content (AvgIpc) is 3.98. The number of aryl methyl sites for hydroxylation is 1. The lowest BCUT2D eigenvalue weighted by atomic mass is 9.58. The molecule has 0 saturated heterocycles. The Kier molecular flexibility index (Phi) is 11.9. The minimum atomic E-state index is -2.65. The summed E-state index contributed by atoms with van der Waals surface area (Å²) in [5, 5.41) is 26.4. The van der Waals surface area contributed by atoms with E-state index in [4.69, 9.17) is 31.4 Å². The van der Waals surface area contributed by atoms with Gasteiger partial charge in [0.2, 0.25) is 11.8 Å². The number of nitrogens with zero attached hydrogens (tertiary/aromatic N) is 8. The lowest BCUT2D eigenvalue weighted by Crippen LogP contribution is -2.46. The number of anilines is 2. The van der Waals surface area contributed by atoms with E-state index < -0.39 is 6.43 Å². The third-order valence-corrected chi connectivity index (χ3v) is 15.4. The quantitative estimate of drug-likeness (QED) is 0.143. The van der Waals surface area contributed by atoms with Gasteiger partial charge in [-0.15, -0.1) is 21.5 Å². The van der Waals surface area contributed by atoms with E-state index in [1.807, 2.05) is 11.0 Å². The number of carbonyl (C=O) groups excluding carboxylic acids is 2. The van der Waals surface area contributed by atoms with E-state index in [2.05, 4.69) is 36.1 Å². The summed E-state index contributed by atoms with van der Waals surface area (Å²) in [5.74, 6) is 1.57. The highest BCUT2D eigenvalue weighted by molar-refractivity contribution is 7.13. The van der Waals surface area contributed by atoms with Crippen molar-refractivity contribution in [2.45, 2.75) is 128 Å². The molecule has 0 unspecified atom stereocenters. The molecule has 17 heteroatoms. The van der Waals surface area contributed by atoms with Crippen LogP contribution in [-0.2, 0) is 24.2 Å². The Morgan fingerprint density at radius 2 is 1.80 bits per heavy atom. The molecule has 3 fully saturated rings. The van der Waals surface area contributed by atoms with Crippen LogP contribution < -0.4 is 19.7 Å². The van der Waals surface area contributed by atoms with E-state index >= 15 is 0 Å². The standard InChI is InChI=1S/C48H50ClF2N9O4S/c1-28(61)58-18-14-41-38(26-58)46(59-17-2-3-29-19-36(43-25-53-27-65-43)37(45(50)51)21-42(29)59)57-60(41)32-12-15-48(16-13-32)22-35(23-48)64-44-11-10-40(55-56-44)47(62)54-31-5-8-33(9-6-31)63-34-7-4-30(24-52)39(49)20-34/h4,7,10-11,19-21,25,27,31-33,35,45H,2-3,5-6,8-9,12-18,22-23,26H2,1H3,(H,54,62). The summed E-state index contributed by atoms with van der Waals surface area (Å²) in [6.07, 6.45) is 10.3. The highest BCUT2D eigenvalue weighted by atomic mass is 35.5. The van der Waals surface area contributed by atoms with E-state index in [0.717, 1.165) is 110 Å². The third kappa shape index (κ3) is 8.77. The summed E-state index contributed by atoms with van der Waals surface area (Å²) in [4.78, 5) is 34.6. The minimum Gasteiger partial charge on any atom is -0.490 e. The number of rotatable bonds is 10. The number of aromatic nitrogens is 5. The van der Waals surface area contributed by atoms with Crippen LogP contribution in [0.2, 0.25) is 5.02 Å². The lowest BCUT2D eigenvalue weighted by molar-refractivity contribution is -0.129. The van der Waals surface area contributed by atoms with Crippen LogP contribution in [0.1, 0.15) is 128 Å². The van der Waals surface area contributed by atoms with E-state index in [-0.39, 0.29) is 52.8 Å². The van der Waals surface area contributed by atoms with Gasteiger partial charge in [-0.05, 0) is 118 Å². The zero-order valence-electron chi connectivity index (χ0n) is 36.1. The largest absolute Gasteiger partial charge is 0.490 e. The fourth-order valence-corrected chi connectivity index (χ4v) is 11.7. The van der Waals surface area contributed by atoms with E-state index in [0.29, 0.717) is 53.8 Å². The number of thiazole rings is 1. The monoisotopic (exact) mass is 921 g/mol. The highest BCUT2D eigenvalue weighted by Crippen LogP contribution is 2.55. The summed E-state index contributed by atoms with van der Waals surface area (Å²) >= 11 is 7.53. The van der Waals surface area contributed by atoms with Gasteiger partial charge in [0.15, 0.2) is 11.5 Å². The predicted octanol–water partition coefficient (Wildman–Crippen LogP) is 9.71. The molecule has 3 aliphatic carbocycles. The number of hydrogen-bond acceptors (Lipinski definition) is 11. The van der Waals surface area contributed by atoms with E-state index in [1.165, 1.54) is 11.3 Å². The van der Waals surface area contributed by atoms with E-state index in [9.17, 15) is 18.4 Å². The summed E-state index contributed by atoms with van der Waals surface area (Å²) in [6.45, 7) is 3.33. The van der Waals surface area contributed by atoms with Gasteiger partial charge in [0.25, 0.3) is 12.3 Å². The van der Waals surface area contributed by atoms with Crippen molar-refractivity contribution in [1.82, 2.24) is 35.2 Å². The molecule has 13 nitrogen and oxygen atoms in total. The molecule has 10 rings (SSSR count). The van der Waals surface area contributed by atoms with Gasteiger partial charge >= 0.3 is 0 Å². The number of halogens is 3. The first-order chi connectivity index (χ1) is 31.5. The maximum atomic E-state index is 14.7. The van der Waals surface area contributed by atoms with Crippen molar-refractivity contribution in [2.75, 3.05) is 18.0 Å². The third-order valence-electron chi connectivity index (χ3n) is 14.3. The molecule has 2 aliphatic heterocycles. The van der Waals surface area contributed by atoms with Gasteiger partial charge in [0, 0.05) is 78.9 Å². The van der Waals surface area contributed by atoms with Crippen LogP contribution in [0.5, 0.6) is 11.6 Å². The second kappa shape index (κ2) is 18.0. The van der Waals surface area contributed by atoms with Crippen LogP contribution in [-0.4, -0.2) is 73.0 Å². The van der Waals surface area contributed by atoms with Crippen molar-refractivity contribution in [2.24, 2.45) is 5.41 Å². The first-order valence-electron chi connectivity index (χ1n) is 22.7. The van der Waals surface area contributed by atoms with Crippen LogP contribution in [0.25, 0.3) is 10.4 Å². The van der Waals surface area contributed by atoms with Gasteiger partial charge in [0.05, 0.1) is 39.7 Å². The summed E-state index contributed by atoms with van der Waals surface area (Å²) in [5.41, 5.74) is 7.00. The number of hydrogen-bond donors (Lipinski definition) is 1. The van der Waals surface area contributed by atoms with Crippen molar-refractivity contribution in [3.63, 3.8) is 0 Å². The molecule has 5 aromatic rings. The number of amides is 2. The molecule has 5 aliphatic rings. The molecule has 2 amide bonds. The Bertz CT molecular complexity index is 2610. The number of ether oxygens (including phenoxy) is 2. The highest BCUT2D eigenvalue weighted by Gasteiger charge is 2.48. The Morgan fingerprint density at radius 1 is 0.985 bits per heavy atom. The fraction of sp³-hybridized carbons (Fsp3) is 0.479. The molecule has 1 N–H and O–H groups in total. The minimum absolute atomic E-state index is 0.00284. The Morgan fingerprint density at radius 3 is 2.49 bits per heavy atom. The first-order valence-corrected chi connectivity index (χ1v) is 23.9. The number of alkyl halides is 2. The van der Waals surface area contributed by atoms with E-state index in [1.54, 1.807) is 55.0 Å². The Balaban J connectivity index is 0.748. The average molecular weight is 923 g/mol. The molecule has 65 heavy (non-hydrogen) atoms. The van der Waals surface area contributed by atoms with Gasteiger partial charge < -0.3 is 24.6 Å². The second-order valence-corrected chi connectivity index (χ2v) is 19.6. The van der Waals surface area contributed by atoms with Crippen molar-refractivity contribution in [3.05, 3.63) is 92.8 Å². The zero-order valence-corrected chi connectivity index (χ0v) is 37.7. The van der Waals surface area contributed by atoms with Crippen LogP contribution in [0, 0.1) is 16.7 Å². The molecule has 3 saturated carbocycles. The Labute approximate surface area is 385 Å². The molecule has 0 radical (unpaired) electrons. The van der Waals surface area contributed by atoms with Gasteiger partial charge in [-0.1, -0.05) is 11.6 Å². The van der Waals surface area contributed by atoms with Gasteiger partial charge in [-0.3, -0.25) is 19.3 Å². The molecule has 2 aromatic carbocycles. The molecule has 338 valence electrons. The van der Waals surface area contributed by atoms with Crippen molar-refractivity contribution >= 4 is 46.3 Å². The predicted molar refractivity (Wildman–Crippen MR) is 241 cm³/mol. The number of nitrogens with one attached hydrogen (secondary N) is 1. The molecule has 3 aromatic heterocycles. The second-order valence-electron chi connectivity index (χ2n) is 18.3.